The Balaban J connectivity index is 1.49. The van der Waals surface area contributed by atoms with Crippen molar-refractivity contribution in [2.45, 2.75) is 43.4 Å². The van der Waals surface area contributed by atoms with Gasteiger partial charge in [-0.1, -0.05) is 60.1 Å². The number of thioether (sulfide) groups is 1. The number of likely N-dealkylation sites (tertiary alicyclic amines) is 1. The number of aromatic nitrogens is 2. The molecule has 3 rings (SSSR count). The molecule has 5 nitrogen and oxygen atoms in total. The van der Waals surface area contributed by atoms with Gasteiger partial charge in [-0.25, -0.2) is 0 Å². The Labute approximate surface area is 157 Å². The lowest BCUT2D eigenvalue weighted by Gasteiger charge is -2.24. The summed E-state index contributed by atoms with van der Waals surface area (Å²) in [5.41, 5.74) is 2.22. The van der Waals surface area contributed by atoms with Crippen molar-refractivity contribution in [3.05, 3.63) is 29.8 Å². The highest BCUT2D eigenvalue weighted by Gasteiger charge is 2.16. The fourth-order valence-corrected chi connectivity index (χ4v) is 4.47. The SMILES string of the molecule is Cc1ccc(Nc2nnc(SCC(=O)N3CCCCCCC3)s2)cc1. The van der Waals surface area contributed by atoms with Crippen molar-refractivity contribution in [1.82, 2.24) is 15.1 Å². The molecule has 0 saturated carbocycles. The molecule has 1 aliphatic heterocycles. The Morgan fingerprint density at radius 3 is 2.52 bits per heavy atom. The summed E-state index contributed by atoms with van der Waals surface area (Å²) in [5.74, 6) is 0.661. The Morgan fingerprint density at radius 2 is 1.80 bits per heavy atom. The highest BCUT2D eigenvalue weighted by Crippen LogP contribution is 2.28. The van der Waals surface area contributed by atoms with Gasteiger partial charge in [0.05, 0.1) is 5.75 Å². The van der Waals surface area contributed by atoms with Gasteiger partial charge in [0.1, 0.15) is 0 Å². The minimum atomic E-state index is 0.218. The fourth-order valence-electron chi connectivity index (χ4n) is 2.79. The largest absolute Gasteiger partial charge is 0.342 e. The van der Waals surface area contributed by atoms with E-state index in [0.717, 1.165) is 41.1 Å². The van der Waals surface area contributed by atoms with Crippen LogP contribution in [0.25, 0.3) is 0 Å². The predicted octanol–water partition coefficient (Wildman–Crippen LogP) is 4.47. The maximum Gasteiger partial charge on any atom is 0.233 e. The molecule has 0 spiro atoms. The third kappa shape index (κ3) is 5.71. The molecule has 1 aromatic carbocycles. The quantitative estimate of drug-likeness (QED) is 0.780. The molecule has 0 bridgehead atoms. The monoisotopic (exact) mass is 376 g/mol. The van der Waals surface area contributed by atoms with Gasteiger partial charge in [-0.3, -0.25) is 4.79 Å². The van der Waals surface area contributed by atoms with Crippen molar-refractivity contribution < 1.29 is 4.79 Å². The predicted molar refractivity (Wildman–Crippen MR) is 105 cm³/mol. The highest BCUT2D eigenvalue weighted by atomic mass is 32.2. The van der Waals surface area contributed by atoms with Gasteiger partial charge in [0.15, 0.2) is 4.34 Å². The van der Waals surface area contributed by atoms with E-state index in [1.807, 2.05) is 17.0 Å². The van der Waals surface area contributed by atoms with Gasteiger partial charge in [0.2, 0.25) is 11.0 Å². The lowest BCUT2D eigenvalue weighted by atomic mass is 10.1. The van der Waals surface area contributed by atoms with Crippen LogP contribution in [0.4, 0.5) is 10.8 Å². The topological polar surface area (TPSA) is 58.1 Å². The van der Waals surface area contributed by atoms with E-state index in [9.17, 15) is 4.79 Å². The van der Waals surface area contributed by atoms with Gasteiger partial charge in [0, 0.05) is 18.8 Å². The molecule has 2 aromatic rings. The number of hydrogen-bond acceptors (Lipinski definition) is 6. The molecule has 2 heterocycles. The summed E-state index contributed by atoms with van der Waals surface area (Å²) < 4.78 is 0.829. The van der Waals surface area contributed by atoms with E-state index in [0.29, 0.717) is 5.75 Å². The van der Waals surface area contributed by atoms with Crippen LogP contribution in [0.5, 0.6) is 0 Å². The molecule has 0 unspecified atom stereocenters. The van der Waals surface area contributed by atoms with Crippen molar-refractivity contribution >= 4 is 39.8 Å². The van der Waals surface area contributed by atoms with Crippen LogP contribution in [0, 0.1) is 6.92 Å². The first-order valence-electron chi connectivity index (χ1n) is 8.78. The van der Waals surface area contributed by atoms with Crippen molar-refractivity contribution in [3.8, 4) is 0 Å². The van der Waals surface area contributed by atoms with Crippen LogP contribution in [0.3, 0.4) is 0 Å². The van der Waals surface area contributed by atoms with Gasteiger partial charge in [-0.2, -0.15) is 0 Å². The number of nitrogens with one attached hydrogen (secondary N) is 1. The van der Waals surface area contributed by atoms with Crippen molar-refractivity contribution in [1.29, 1.82) is 0 Å². The number of carbonyl (C=O) groups excluding carboxylic acids is 1. The normalized spacial score (nSPS) is 15.5. The Kier molecular flexibility index (Phi) is 6.69. The molecule has 1 amide bonds. The number of aryl methyl sites for hydroxylation is 1. The first kappa shape index (κ1) is 18.2. The smallest absolute Gasteiger partial charge is 0.233 e. The van der Waals surface area contributed by atoms with Crippen LogP contribution in [0.15, 0.2) is 28.6 Å². The van der Waals surface area contributed by atoms with Crippen LogP contribution >= 0.6 is 23.1 Å². The van der Waals surface area contributed by atoms with Crippen molar-refractivity contribution in [2.24, 2.45) is 0 Å². The molecule has 1 aliphatic rings. The van der Waals surface area contributed by atoms with Gasteiger partial charge in [-0.05, 0) is 31.9 Å². The molecule has 0 aliphatic carbocycles. The van der Waals surface area contributed by atoms with E-state index in [1.165, 1.54) is 47.9 Å². The maximum absolute atomic E-state index is 12.4. The molecule has 7 heteroatoms. The van der Waals surface area contributed by atoms with Crippen molar-refractivity contribution in [3.63, 3.8) is 0 Å². The van der Waals surface area contributed by atoms with Crippen molar-refractivity contribution in [2.75, 3.05) is 24.2 Å². The summed E-state index contributed by atoms with van der Waals surface area (Å²) in [7, 11) is 0. The Morgan fingerprint density at radius 1 is 1.12 bits per heavy atom. The molecule has 1 aromatic heterocycles. The lowest BCUT2D eigenvalue weighted by molar-refractivity contribution is -0.128. The average Bonchev–Trinajstić information content (AvgIpc) is 3.02. The molecular formula is C18H24N4OS2. The minimum Gasteiger partial charge on any atom is -0.342 e. The van der Waals surface area contributed by atoms with Crippen LogP contribution in [-0.4, -0.2) is 39.8 Å². The fraction of sp³-hybridized carbons (Fsp3) is 0.500. The maximum atomic E-state index is 12.4. The van der Waals surface area contributed by atoms with Gasteiger partial charge in [-0.15, -0.1) is 10.2 Å². The van der Waals surface area contributed by atoms with Gasteiger partial charge >= 0.3 is 0 Å². The van der Waals surface area contributed by atoms with Gasteiger partial charge < -0.3 is 10.2 Å². The standard InChI is InChI=1S/C18H24N4OS2/c1-14-7-9-15(10-8-14)19-17-20-21-18(25-17)24-13-16(23)22-11-5-3-2-4-6-12-22/h7-10H,2-6,11-13H2,1H3,(H,19,20). The molecular weight excluding hydrogens is 352 g/mol. The Hall–Kier alpha value is -1.60. The molecule has 134 valence electrons. The second kappa shape index (κ2) is 9.20. The summed E-state index contributed by atoms with van der Waals surface area (Å²) in [6, 6.07) is 8.16. The molecule has 1 N–H and O–H groups in total. The molecule has 1 saturated heterocycles. The number of amides is 1. The molecule has 0 atom stereocenters. The zero-order valence-electron chi connectivity index (χ0n) is 14.5. The van der Waals surface area contributed by atoms with Crippen LogP contribution in [0.2, 0.25) is 0 Å². The number of nitrogens with zero attached hydrogens (tertiary/aromatic N) is 3. The zero-order chi connectivity index (χ0) is 17.5. The van der Waals surface area contributed by atoms with E-state index in [-0.39, 0.29) is 5.91 Å². The summed E-state index contributed by atoms with van der Waals surface area (Å²) in [6.45, 7) is 3.86. The highest BCUT2D eigenvalue weighted by molar-refractivity contribution is 8.01. The molecule has 1 fully saturated rings. The third-order valence-corrected chi connectivity index (χ3v) is 6.19. The minimum absolute atomic E-state index is 0.218. The first-order chi connectivity index (χ1) is 12.2. The van der Waals surface area contributed by atoms with E-state index >= 15 is 0 Å². The van der Waals surface area contributed by atoms with Gasteiger partial charge in [0.25, 0.3) is 0 Å². The third-order valence-electron chi connectivity index (χ3n) is 4.24. The second-order valence-corrected chi connectivity index (χ2v) is 8.50. The number of hydrogen-bond donors (Lipinski definition) is 1. The van der Waals surface area contributed by atoms with E-state index in [4.69, 9.17) is 0 Å². The zero-order valence-corrected chi connectivity index (χ0v) is 16.2. The van der Waals surface area contributed by atoms with Crippen LogP contribution in [0.1, 0.15) is 37.7 Å². The summed E-state index contributed by atoms with van der Waals surface area (Å²) in [4.78, 5) is 14.4. The van der Waals surface area contributed by atoms with E-state index in [1.54, 1.807) is 0 Å². The summed E-state index contributed by atoms with van der Waals surface area (Å²) in [6.07, 6.45) is 6.03. The second-order valence-electron chi connectivity index (χ2n) is 6.30. The molecule has 0 radical (unpaired) electrons. The van der Waals surface area contributed by atoms with E-state index < -0.39 is 0 Å². The Bertz CT molecular complexity index is 679. The first-order valence-corrected chi connectivity index (χ1v) is 10.6. The molecule has 25 heavy (non-hydrogen) atoms. The summed E-state index contributed by atoms with van der Waals surface area (Å²) >= 11 is 2.97. The number of benzene rings is 1. The number of carbonyl (C=O) groups is 1. The average molecular weight is 377 g/mol. The van der Waals surface area contributed by atoms with Crippen LogP contribution < -0.4 is 5.32 Å². The lowest BCUT2D eigenvalue weighted by Crippen LogP contribution is -2.35. The number of rotatable bonds is 5. The van der Waals surface area contributed by atoms with E-state index in [2.05, 4.69) is 34.6 Å². The summed E-state index contributed by atoms with van der Waals surface area (Å²) in [5, 5.41) is 12.4. The van der Waals surface area contributed by atoms with Crippen LogP contribution in [-0.2, 0) is 4.79 Å². The number of anilines is 2.